The highest BCUT2D eigenvalue weighted by atomic mass is 14.9. The van der Waals surface area contributed by atoms with Crippen LogP contribution in [0.5, 0.6) is 0 Å². The van der Waals surface area contributed by atoms with E-state index in [1.165, 1.54) is 38.2 Å². The van der Waals surface area contributed by atoms with Crippen LogP contribution in [-0.2, 0) is 14.1 Å². The number of aromatic nitrogens is 2. The Bertz CT molecular complexity index is 2040. The molecule has 2 atom stereocenters. The van der Waals surface area contributed by atoms with Crippen molar-refractivity contribution in [2.24, 2.45) is 14.1 Å². The van der Waals surface area contributed by atoms with Crippen LogP contribution in [0.25, 0.3) is 22.5 Å². The molecule has 2 heterocycles. The first-order chi connectivity index (χ1) is 24.5. The third-order valence-corrected chi connectivity index (χ3v) is 7.14. The summed E-state index contributed by atoms with van der Waals surface area (Å²) < 4.78 is 121. The molecule has 2 unspecified atom stereocenters. The SMILES string of the molecule is [2H]C(C)(C)c1ccc(-c2cc(C)c(C([2H])(C)C([2H])([2H])[2H])c[n+]2C)c(C)c1.[2H]C([2H])([2H])c1ccc(-c2cc(C([2H])(C)C([2H])([2H])[2H])c(C([2H])([2H])[2H])c[n+]2C)c(C)c1. The molecule has 0 aliphatic heterocycles. The van der Waals surface area contributed by atoms with Crippen molar-refractivity contribution in [1.82, 2.24) is 0 Å². The van der Waals surface area contributed by atoms with Gasteiger partial charge in [0.2, 0.25) is 11.4 Å². The summed E-state index contributed by atoms with van der Waals surface area (Å²) in [5.41, 5.74) is 6.93. The maximum Gasteiger partial charge on any atom is 0.212 e. The van der Waals surface area contributed by atoms with Gasteiger partial charge >= 0.3 is 0 Å². The minimum Gasteiger partial charge on any atom is -0.201 e. The predicted molar refractivity (Wildman–Crippen MR) is 172 cm³/mol. The zero-order chi connectivity index (χ0) is 42.7. The molecule has 0 saturated heterocycles. The van der Waals surface area contributed by atoms with Gasteiger partial charge in [-0.25, -0.2) is 9.13 Å². The minimum atomic E-state index is -2.75. The van der Waals surface area contributed by atoms with Crippen molar-refractivity contribution in [3.63, 3.8) is 0 Å². The number of nitrogens with zero attached hydrogens (tertiary/aromatic N) is 2. The van der Waals surface area contributed by atoms with Gasteiger partial charge in [0, 0.05) is 54.9 Å². The van der Waals surface area contributed by atoms with E-state index in [0.717, 1.165) is 27.9 Å². The van der Waals surface area contributed by atoms with Crippen LogP contribution in [-0.4, -0.2) is 0 Å². The molecule has 0 amide bonds. The van der Waals surface area contributed by atoms with Crippen molar-refractivity contribution < 1.29 is 29.7 Å². The molecular weight excluding hydrogens is 484 g/mol. The van der Waals surface area contributed by atoms with Crippen LogP contribution in [0.2, 0.25) is 0 Å². The molecule has 2 nitrogen and oxygen atoms in total. The fourth-order valence-corrected chi connectivity index (χ4v) is 4.85. The van der Waals surface area contributed by atoms with Crippen LogP contribution in [0.1, 0.15) is 124 Å². The second-order valence-electron chi connectivity index (χ2n) is 10.8. The summed E-state index contributed by atoms with van der Waals surface area (Å²) in [7, 11) is 3.50. The molecule has 0 spiro atoms. The van der Waals surface area contributed by atoms with Gasteiger partial charge in [-0.05, 0) is 92.1 Å². The molecule has 0 radical (unpaired) electrons. The first kappa shape index (κ1) is 16.2. The highest BCUT2D eigenvalue weighted by Crippen LogP contribution is 2.28. The van der Waals surface area contributed by atoms with Gasteiger partial charge < -0.3 is 0 Å². The van der Waals surface area contributed by atoms with Crippen LogP contribution in [0, 0.1) is 34.5 Å². The molecule has 0 saturated carbocycles. The molecule has 0 fully saturated rings. The topological polar surface area (TPSA) is 7.76 Å². The van der Waals surface area contributed by atoms with E-state index in [2.05, 4.69) is 0 Å². The summed E-state index contributed by atoms with van der Waals surface area (Å²) in [5.74, 6) is -4.47. The summed E-state index contributed by atoms with van der Waals surface area (Å²) in [6.45, 7) is 1.95. The summed E-state index contributed by atoms with van der Waals surface area (Å²) >= 11 is 0. The van der Waals surface area contributed by atoms with E-state index in [4.69, 9.17) is 20.6 Å². The van der Waals surface area contributed by atoms with Gasteiger partial charge in [-0.2, -0.15) is 0 Å². The highest BCUT2D eigenvalue weighted by molar-refractivity contribution is 5.63. The van der Waals surface area contributed by atoms with E-state index in [1.54, 1.807) is 30.8 Å². The molecule has 0 N–H and O–H groups in total. The maximum atomic E-state index is 8.44. The Balaban J connectivity index is 0.000000297. The summed E-state index contributed by atoms with van der Waals surface area (Å²) in [5, 5.41) is 0. The van der Waals surface area contributed by atoms with Crippen molar-refractivity contribution >= 4 is 0 Å². The third-order valence-electron chi connectivity index (χ3n) is 7.14. The summed E-state index contributed by atoms with van der Waals surface area (Å²) in [4.78, 5) is 0. The number of benzene rings is 2. The third kappa shape index (κ3) is 7.08. The quantitative estimate of drug-likeness (QED) is 0.218. The lowest BCUT2D eigenvalue weighted by molar-refractivity contribution is -0.661. The molecular formula is C38H52N2+2. The first-order valence-corrected chi connectivity index (χ1v) is 13.3. The normalized spacial score (nSPS) is 21.3. The Hall–Kier alpha value is -3.26. The first-order valence-electron chi connectivity index (χ1n) is 20.8. The Morgan fingerprint density at radius 2 is 1.20 bits per heavy atom. The Morgan fingerprint density at radius 1 is 0.600 bits per heavy atom. The van der Waals surface area contributed by atoms with Gasteiger partial charge in [-0.3, -0.25) is 0 Å². The van der Waals surface area contributed by atoms with Gasteiger partial charge in [0.05, 0.1) is 0 Å². The molecule has 0 aliphatic carbocycles. The van der Waals surface area contributed by atoms with Crippen LogP contribution in [0.15, 0.2) is 60.9 Å². The van der Waals surface area contributed by atoms with Gasteiger partial charge in [0.1, 0.15) is 14.1 Å². The molecule has 0 aliphatic rings. The van der Waals surface area contributed by atoms with Crippen molar-refractivity contribution in [3.8, 4) is 22.5 Å². The molecule has 4 aromatic rings. The Morgan fingerprint density at radius 3 is 1.77 bits per heavy atom. The summed E-state index contributed by atoms with van der Waals surface area (Å²) in [6.07, 6.45) is 3.08. The maximum absolute atomic E-state index is 8.44. The zero-order valence-corrected chi connectivity index (χ0v) is 25.2. The second-order valence-corrected chi connectivity index (χ2v) is 10.8. The molecule has 2 aromatic heterocycles. The summed E-state index contributed by atoms with van der Waals surface area (Å²) in [6, 6.07) is 14.0. The van der Waals surface area contributed by atoms with E-state index in [9.17, 15) is 0 Å². The van der Waals surface area contributed by atoms with Gasteiger partial charge in [-0.1, -0.05) is 71.2 Å². The predicted octanol–water partition coefficient (Wildman–Crippen LogP) is 9.27. The van der Waals surface area contributed by atoms with Crippen LogP contribution in [0.4, 0.5) is 0 Å². The van der Waals surface area contributed by atoms with Crippen molar-refractivity contribution in [1.29, 1.82) is 0 Å². The average molecular weight is 552 g/mol. The molecule has 40 heavy (non-hydrogen) atoms. The van der Waals surface area contributed by atoms with Crippen molar-refractivity contribution in [2.45, 2.75) is 93.6 Å². The van der Waals surface area contributed by atoms with E-state index in [-0.39, 0.29) is 16.7 Å². The lowest BCUT2D eigenvalue weighted by Gasteiger charge is -2.13. The van der Waals surface area contributed by atoms with Gasteiger partial charge in [0.15, 0.2) is 12.4 Å². The highest BCUT2D eigenvalue weighted by Gasteiger charge is 2.18. The average Bonchev–Trinajstić information content (AvgIpc) is 3.00. The van der Waals surface area contributed by atoms with Crippen molar-refractivity contribution in [2.75, 3.05) is 0 Å². The Labute approximate surface area is 265 Å². The number of rotatable bonds is 5. The van der Waals surface area contributed by atoms with Gasteiger partial charge in [0.25, 0.3) is 0 Å². The lowest BCUT2D eigenvalue weighted by atomic mass is 9.94. The Kier molecular flexibility index (Phi) is 5.26. The van der Waals surface area contributed by atoms with E-state index >= 15 is 0 Å². The van der Waals surface area contributed by atoms with E-state index < -0.39 is 45.1 Å². The second kappa shape index (κ2) is 12.9. The fourth-order valence-electron chi connectivity index (χ4n) is 4.85. The van der Waals surface area contributed by atoms with E-state index in [0.29, 0.717) is 22.4 Å². The molecule has 4 rings (SSSR count). The molecule has 212 valence electrons. The number of hydrogen-bond donors (Lipinski definition) is 0. The van der Waals surface area contributed by atoms with Crippen LogP contribution < -0.4 is 9.13 Å². The number of hydrogen-bond acceptors (Lipinski definition) is 0. The smallest absolute Gasteiger partial charge is 0.201 e. The van der Waals surface area contributed by atoms with E-state index in [1.807, 2.05) is 63.6 Å². The number of aryl methyl sites for hydroxylation is 7. The van der Waals surface area contributed by atoms with Crippen LogP contribution in [0.3, 0.4) is 0 Å². The minimum absolute atomic E-state index is 0.107. The standard InChI is InChI=1S/C20H28N.C18H24N/c1-13(2)17-8-9-18(15(5)10-17)20-11-16(6)19(14(3)4)12-21(20)7;1-12(2)17-10-18(19(6)11-15(17)5)16-8-7-13(3)9-14(16)4/h8-14H,1-7H3;7-12H,1-6H3/q2*+1/i3D3,13D,14D;1D3,3D3,5D3,12D. The van der Waals surface area contributed by atoms with Crippen molar-refractivity contribution in [3.05, 3.63) is 105 Å². The largest absolute Gasteiger partial charge is 0.212 e. The monoisotopic (exact) mass is 552 g/mol. The lowest BCUT2D eigenvalue weighted by Crippen LogP contribution is -2.32. The molecule has 2 aromatic carbocycles. The fraction of sp³-hybridized carbons (Fsp3) is 0.421. The van der Waals surface area contributed by atoms with Crippen LogP contribution >= 0.6 is 0 Å². The number of pyridine rings is 2. The molecule has 2 heteroatoms. The zero-order valence-electron chi connectivity index (χ0n) is 40.2. The van der Waals surface area contributed by atoms with Gasteiger partial charge in [-0.15, -0.1) is 0 Å². The molecule has 0 bridgehead atoms.